The fourth-order valence-corrected chi connectivity index (χ4v) is 2.40. The van der Waals surface area contributed by atoms with E-state index >= 15 is 0 Å². The zero-order valence-electron chi connectivity index (χ0n) is 14.8. The van der Waals surface area contributed by atoms with Crippen LogP contribution in [0.25, 0.3) is 0 Å². The molecule has 0 aliphatic heterocycles. The standard InChI is InChI=1S/C18H27NO5/c1-4-5-6-7-11-24-16(21)9-8-10-19(3)14-12-15(20)18(23)13(2)17(14)22/h12,22H,4-11H2,1-3H3. The molecule has 6 heteroatoms. The van der Waals surface area contributed by atoms with E-state index in [1.54, 1.807) is 11.9 Å². The van der Waals surface area contributed by atoms with Crippen molar-refractivity contribution >= 4 is 17.5 Å². The largest absolute Gasteiger partial charge is 0.505 e. The molecule has 0 bridgehead atoms. The molecule has 0 aromatic carbocycles. The third-order valence-electron chi connectivity index (χ3n) is 3.98. The van der Waals surface area contributed by atoms with Crippen LogP contribution in [0.15, 0.2) is 23.1 Å². The van der Waals surface area contributed by atoms with Gasteiger partial charge in [-0.2, -0.15) is 0 Å². The Morgan fingerprint density at radius 1 is 1.21 bits per heavy atom. The van der Waals surface area contributed by atoms with E-state index in [1.165, 1.54) is 6.92 Å². The van der Waals surface area contributed by atoms with E-state index in [0.29, 0.717) is 25.3 Å². The van der Waals surface area contributed by atoms with E-state index in [2.05, 4.69) is 6.92 Å². The van der Waals surface area contributed by atoms with Gasteiger partial charge >= 0.3 is 5.97 Å². The van der Waals surface area contributed by atoms with Crippen LogP contribution < -0.4 is 0 Å². The number of unbranched alkanes of at least 4 members (excludes halogenated alkanes) is 3. The molecule has 1 N–H and O–H groups in total. The fraction of sp³-hybridized carbons (Fsp3) is 0.611. The van der Waals surface area contributed by atoms with Gasteiger partial charge in [-0.3, -0.25) is 14.4 Å². The van der Waals surface area contributed by atoms with E-state index < -0.39 is 11.6 Å². The predicted molar refractivity (Wildman–Crippen MR) is 90.4 cm³/mol. The van der Waals surface area contributed by atoms with Gasteiger partial charge < -0.3 is 14.7 Å². The number of carbonyl (C=O) groups excluding carboxylic acids is 3. The molecular weight excluding hydrogens is 310 g/mol. The van der Waals surface area contributed by atoms with Crippen molar-refractivity contribution in [2.45, 2.75) is 52.4 Å². The first-order valence-electron chi connectivity index (χ1n) is 8.45. The number of aliphatic hydroxyl groups is 1. The third kappa shape index (κ3) is 5.83. The number of carbonyl (C=O) groups is 3. The number of aliphatic hydroxyl groups excluding tert-OH is 1. The van der Waals surface area contributed by atoms with Crippen LogP contribution in [0, 0.1) is 0 Å². The van der Waals surface area contributed by atoms with Crippen LogP contribution in [-0.2, 0) is 19.1 Å². The minimum atomic E-state index is -0.684. The third-order valence-corrected chi connectivity index (χ3v) is 3.98. The number of nitrogens with zero attached hydrogens (tertiary/aromatic N) is 1. The number of esters is 1. The summed E-state index contributed by atoms with van der Waals surface area (Å²) in [6, 6.07) is 0. The molecule has 0 saturated heterocycles. The second-order valence-corrected chi connectivity index (χ2v) is 6.00. The average Bonchev–Trinajstić information content (AvgIpc) is 2.55. The molecule has 0 fully saturated rings. The van der Waals surface area contributed by atoms with Gasteiger partial charge in [0.05, 0.1) is 12.3 Å². The Balaban J connectivity index is 2.35. The van der Waals surface area contributed by atoms with Crippen LogP contribution >= 0.6 is 0 Å². The lowest BCUT2D eigenvalue weighted by Gasteiger charge is -2.24. The molecule has 0 radical (unpaired) electrons. The summed E-state index contributed by atoms with van der Waals surface area (Å²) in [4.78, 5) is 36.3. The quantitative estimate of drug-likeness (QED) is 0.286. The minimum absolute atomic E-state index is 0.0517. The Kier molecular flexibility index (Phi) is 8.22. The lowest BCUT2D eigenvalue weighted by atomic mass is 9.99. The first kappa shape index (κ1) is 19.9. The molecular formula is C18H27NO5. The second-order valence-electron chi connectivity index (χ2n) is 6.00. The van der Waals surface area contributed by atoms with Gasteiger partial charge in [0.1, 0.15) is 5.76 Å². The number of hydrogen-bond donors (Lipinski definition) is 1. The molecule has 24 heavy (non-hydrogen) atoms. The Labute approximate surface area is 143 Å². The Bertz CT molecular complexity index is 548. The molecule has 0 spiro atoms. The predicted octanol–water partition coefficient (Wildman–Crippen LogP) is 2.69. The first-order valence-corrected chi connectivity index (χ1v) is 8.45. The highest BCUT2D eigenvalue weighted by Crippen LogP contribution is 2.21. The molecule has 0 aromatic rings. The van der Waals surface area contributed by atoms with Gasteiger partial charge in [0.15, 0.2) is 0 Å². The highest BCUT2D eigenvalue weighted by atomic mass is 16.5. The van der Waals surface area contributed by atoms with Crippen molar-refractivity contribution in [3.8, 4) is 0 Å². The Hall–Kier alpha value is -2.11. The van der Waals surface area contributed by atoms with Gasteiger partial charge in [0.2, 0.25) is 11.6 Å². The van der Waals surface area contributed by atoms with Crippen LogP contribution in [0.3, 0.4) is 0 Å². The SMILES string of the molecule is CCCCCCOC(=O)CCCN(C)C1=CC(=O)C(=O)C(C)=C1O. The number of allylic oxidation sites excluding steroid dienone is 2. The van der Waals surface area contributed by atoms with Crippen molar-refractivity contribution in [2.24, 2.45) is 0 Å². The van der Waals surface area contributed by atoms with Crippen molar-refractivity contribution in [3.05, 3.63) is 23.1 Å². The lowest BCUT2D eigenvalue weighted by molar-refractivity contribution is -0.143. The van der Waals surface area contributed by atoms with Crippen LogP contribution in [0.4, 0.5) is 0 Å². The molecule has 0 heterocycles. The molecule has 1 aliphatic carbocycles. The zero-order chi connectivity index (χ0) is 18.1. The zero-order valence-corrected chi connectivity index (χ0v) is 14.8. The molecule has 0 aromatic heterocycles. The van der Waals surface area contributed by atoms with Gasteiger partial charge in [-0.15, -0.1) is 0 Å². The molecule has 1 rings (SSSR count). The molecule has 6 nitrogen and oxygen atoms in total. The number of ether oxygens (including phenoxy) is 1. The van der Waals surface area contributed by atoms with E-state index in [9.17, 15) is 19.5 Å². The molecule has 134 valence electrons. The summed E-state index contributed by atoms with van der Waals surface area (Å²) in [6.45, 7) is 4.48. The van der Waals surface area contributed by atoms with Crippen molar-refractivity contribution in [2.75, 3.05) is 20.2 Å². The summed E-state index contributed by atoms with van der Waals surface area (Å²) in [5, 5.41) is 10.00. The minimum Gasteiger partial charge on any atom is -0.505 e. The molecule has 0 saturated carbocycles. The summed E-state index contributed by atoms with van der Waals surface area (Å²) >= 11 is 0. The number of rotatable bonds is 10. The Morgan fingerprint density at radius 3 is 2.58 bits per heavy atom. The monoisotopic (exact) mass is 337 g/mol. The molecule has 0 unspecified atom stereocenters. The smallest absolute Gasteiger partial charge is 0.305 e. The maximum absolute atomic E-state index is 11.6. The topological polar surface area (TPSA) is 83.9 Å². The number of hydrogen-bond acceptors (Lipinski definition) is 6. The summed E-state index contributed by atoms with van der Waals surface area (Å²) < 4.78 is 5.16. The van der Waals surface area contributed by atoms with Crippen molar-refractivity contribution in [1.82, 2.24) is 4.90 Å². The second kappa shape index (κ2) is 9.90. The van der Waals surface area contributed by atoms with Gasteiger partial charge in [0, 0.05) is 31.7 Å². The Morgan fingerprint density at radius 2 is 1.92 bits per heavy atom. The van der Waals surface area contributed by atoms with E-state index in [4.69, 9.17) is 4.74 Å². The summed E-state index contributed by atoms with van der Waals surface area (Å²) in [5.41, 5.74) is 0.362. The van der Waals surface area contributed by atoms with E-state index in [1.807, 2.05) is 0 Å². The maximum atomic E-state index is 11.6. The average molecular weight is 337 g/mol. The molecule has 0 amide bonds. The summed E-state index contributed by atoms with van der Waals surface area (Å²) in [6.07, 6.45) is 6.20. The van der Waals surface area contributed by atoms with Gasteiger partial charge in [-0.05, 0) is 19.8 Å². The fourth-order valence-electron chi connectivity index (χ4n) is 2.40. The number of ketones is 2. The van der Waals surface area contributed by atoms with Crippen LogP contribution in [0.2, 0.25) is 0 Å². The van der Waals surface area contributed by atoms with E-state index in [-0.39, 0.29) is 23.7 Å². The number of Topliss-reactive ketones (excluding diaryl/α,β-unsaturated/α-hetero) is 1. The molecule has 1 aliphatic rings. The van der Waals surface area contributed by atoms with Crippen molar-refractivity contribution in [1.29, 1.82) is 0 Å². The van der Waals surface area contributed by atoms with Crippen LogP contribution in [0.5, 0.6) is 0 Å². The molecule has 0 atom stereocenters. The van der Waals surface area contributed by atoms with Crippen LogP contribution in [-0.4, -0.2) is 47.7 Å². The summed E-state index contributed by atoms with van der Waals surface area (Å²) in [5.74, 6) is -1.74. The van der Waals surface area contributed by atoms with Crippen molar-refractivity contribution < 1.29 is 24.2 Å². The highest BCUT2D eigenvalue weighted by molar-refractivity contribution is 6.48. The van der Waals surface area contributed by atoms with E-state index in [0.717, 1.165) is 31.8 Å². The maximum Gasteiger partial charge on any atom is 0.305 e. The lowest BCUT2D eigenvalue weighted by Crippen LogP contribution is -2.28. The number of likely N-dealkylation sites (N-methyl/N-ethyl adjacent to an activating group) is 1. The first-order chi connectivity index (χ1) is 11.4. The van der Waals surface area contributed by atoms with Gasteiger partial charge in [-0.1, -0.05) is 26.2 Å². The highest BCUT2D eigenvalue weighted by Gasteiger charge is 2.27. The normalized spacial score (nSPS) is 14.7. The van der Waals surface area contributed by atoms with Gasteiger partial charge in [-0.25, -0.2) is 0 Å². The van der Waals surface area contributed by atoms with Crippen LogP contribution in [0.1, 0.15) is 52.4 Å². The summed E-state index contributed by atoms with van der Waals surface area (Å²) in [7, 11) is 1.70. The van der Waals surface area contributed by atoms with Gasteiger partial charge in [0.25, 0.3) is 0 Å². The van der Waals surface area contributed by atoms with Crippen molar-refractivity contribution in [3.63, 3.8) is 0 Å².